The summed E-state index contributed by atoms with van der Waals surface area (Å²) in [5.41, 5.74) is -1.51. The average molecular weight is 575 g/mol. The number of thioether (sulfide) groups is 1. The van der Waals surface area contributed by atoms with E-state index in [4.69, 9.17) is 25.8 Å². The van der Waals surface area contributed by atoms with Gasteiger partial charge in [-0.25, -0.2) is 9.59 Å². The number of rotatable bonds is 12. The number of hydrogen-bond donors (Lipinski definition) is 1. The number of ether oxygens (including phenoxy) is 3. The van der Waals surface area contributed by atoms with Gasteiger partial charge in [0.25, 0.3) is 5.69 Å². The summed E-state index contributed by atoms with van der Waals surface area (Å²) in [4.78, 5) is 82.9. The Morgan fingerprint density at radius 3 is 2.29 bits per heavy atom. The van der Waals surface area contributed by atoms with Crippen molar-refractivity contribution in [1.29, 1.82) is 0 Å². The third-order valence-electron chi connectivity index (χ3n) is 5.11. The first-order valence-corrected chi connectivity index (χ1v) is 12.1. The quantitative estimate of drug-likeness (QED) is 0.0714. The molecule has 1 saturated heterocycles. The summed E-state index contributed by atoms with van der Waals surface area (Å²) in [6.45, 7) is 2.53. The smallest absolute Gasteiger partial charge is 0.455 e. The Balaban J connectivity index is 2.09. The van der Waals surface area contributed by atoms with Gasteiger partial charge in [0.1, 0.15) is 30.6 Å². The Bertz CT molecular complexity index is 1130. The number of amides is 1. The Kier molecular flexibility index (Phi) is 10.7. The Labute approximate surface area is 224 Å². The molecule has 1 fully saturated rings. The van der Waals surface area contributed by atoms with Crippen LogP contribution in [-0.2, 0) is 44.8 Å². The lowest BCUT2D eigenvalue weighted by Crippen LogP contribution is -2.67. The molecule has 0 aliphatic carbocycles. The second kappa shape index (κ2) is 13.3. The van der Waals surface area contributed by atoms with E-state index in [0.29, 0.717) is 17.3 Å². The number of benzene rings is 1. The van der Waals surface area contributed by atoms with E-state index in [2.05, 4.69) is 0 Å². The highest BCUT2D eigenvalue weighted by atomic mass is 35.5. The second-order valence-electron chi connectivity index (χ2n) is 8.04. The summed E-state index contributed by atoms with van der Waals surface area (Å²) in [7, 11) is 0. The van der Waals surface area contributed by atoms with Gasteiger partial charge in [-0.05, 0) is 38.5 Å². The zero-order chi connectivity index (χ0) is 28.7. The highest BCUT2D eigenvalue weighted by molar-refractivity contribution is 8.14. The molecular weight excluding hydrogens is 552 g/mol. The number of carbonyl (C=O) groups is 6. The number of Topliss-reactive ketones (excluding diaryl/α,β-unsaturated/α-hetero) is 2. The average Bonchev–Trinajstić information content (AvgIpc) is 2.85. The van der Waals surface area contributed by atoms with Crippen LogP contribution in [0.25, 0.3) is 0 Å². The number of ketones is 2. The van der Waals surface area contributed by atoms with Crippen molar-refractivity contribution in [3.63, 3.8) is 0 Å². The maximum atomic E-state index is 12.9. The van der Waals surface area contributed by atoms with Crippen LogP contribution in [0.5, 0.6) is 0 Å². The molecule has 0 aromatic heterocycles. The molecule has 16 heteroatoms. The van der Waals surface area contributed by atoms with Crippen molar-refractivity contribution in [1.82, 2.24) is 4.90 Å². The number of esters is 1. The molecule has 0 bridgehead atoms. The topological polar surface area (TPSA) is 197 Å². The fourth-order valence-corrected chi connectivity index (χ4v) is 4.84. The van der Waals surface area contributed by atoms with Crippen LogP contribution in [0.3, 0.4) is 0 Å². The van der Waals surface area contributed by atoms with E-state index in [1.54, 1.807) is 0 Å². The van der Waals surface area contributed by atoms with Gasteiger partial charge in [-0.15, -0.1) is 0 Å². The predicted molar refractivity (Wildman–Crippen MR) is 129 cm³/mol. The summed E-state index contributed by atoms with van der Waals surface area (Å²) in [5.74, 6) is -4.57. The minimum absolute atomic E-state index is 0.159. The molecule has 1 heterocycles. The van der Waals surface area contributed by atoms with Crippen LogP contribution in [0.4, 0.5) is 10.5 Å². The van der Waals surface area contributed by atoms with E-state index in [0.717, 1.165) is 18.7 Å². The lowest BCUT2D eigenvalue weighted by atomic mass is 9.92. The maximum Gasteiger partial charge on any atom is 0.508 e. The molecule has 38 heavy (non-hydrogen) atoms. The molecule has 3 unspecified atom stereocenters. The van der Waals surface area contributed by atoms with Crippen LogP contribution in [0.2, 0.25) is 0 Å². The summed E-state index contributed by atoms with van der Waals surface area (Å²) in [5, 5.41) is 18.2. The van der Waals surface area contributed by atoms with E-state index < -0.39 is 75.2 Å². The number of hydrogen-bond acceptors (Lipinski definition) is 13. The number of nitro benzene ring substituents is 1. The van der Waals surface area contributed by atoms with Crippen LogP contribution in [0.15, 0.2) is 24.3 Å². The van der Waals surface area contributed by atoms with Crippen molar-refractivity contribution < 1.29 is 53.0 Å². The van der Waals surface area contributed by atoms with Gasteiger partial charge >= 0.3 is 12.1 Å². The summed E-state index contributed by atoms with van der Waals surface area (Å²) >= 11 is 6.38. The Morgan fingerprint density at radius 1 is 1.16 bits per heavy atom. The number of aliphatic hydroxyl groups is 1. The number of nitrogens with zero attached hydrogens (tertiary/aromatic N) is 2. The molecule has 1 aliphatic rings. The molecule has 206 valence electrons. The number of nitro groups is 1. The molecular formula is C22H23ClN2O12S. The molecule has 5 atom stereocenters. The molecule has 2 rings (SSSR count). The molecule has 14 nitrogen and oxygen atoms in total. The van der Waals surface area contributed by atoms with Gasteiger partial charge in [0.05, 0.1) is 4.92 Å². The third kappa shape index (κ3) is 7.72. The first-order chi connectivity index (χ1) is 17.7. The fourth-order valence-electron chi connectivity index (χ4n) is 3.13. The normalized spacial score (nSPS) is 18.9. The van der Waals surface area contributed by atoms with Crippen LogP contribution < -0.4 is 0 Å². The van der Waals surface area contributed by atoms with Crippen molar-refractivity contribution in [3.8, 4) is 0 Å². The zero-order valence-electron chi connectivity index (χ0n) is 20.2. The minimum Gasteiger partial charge on any atom is -0.455 e. The lowest BCUT2D eigenvalue weighted by molar-refractivity contribution is -0.384. The van der Waals surface area contributed by atoms with Crippen molar-refractivity contribution in [3.05, 3.63) is 39.9 Å². The highest BCUT2D eigenvalue weighted by Gasteiger charge is 2.57. The van der Waals surface area contributed by atoms with Crippen LogP contribution in [-0.4, -0.2) is 79.3 Å². The van der Waals surface area contributed by atoms with Crippen LogP contribution in [0, 0.1) is 16.0 Å². The van der Waals surface area contributed by atoms with Gasteiger partial charge in [0.2, 0.25) is 16.5 Å². The van der Waals surface area contributed by atoms with E-state index >= 15 is 0 Å². The van der Waals surface area contributed by atoms with Crippen molar-refractivity contribution in [2.45, 2.75) is 50.5 Å². The summed E-state index contributed by atoms with van der Waals surface area (Å²) < 4.78 is 14.8. The first kappa shape index (κ1) is 30.7. The molecule has 0 spiro atoms. The molecule has 1 aromatic carbocycles. The van der Waals surface area contributed by atoms with Gasteiger partial charge in [-0.2, -0.15) is 0 Å². The standard InChI is InChI=1S/C22H23ClN2O12S/c1-10(26)8-35-20(30)17(23)24-18(29)15(19(24)38-21(31)16(28)11(2)27)12(3)37-22(32)36-9-13-4-6-14(7-5-13)25(33)34/h4-7,12,15-17,19,28H,8-9H2,1-3H3/t12?,15-,16?,17?,19-/m0/s1. The molecule has 1 aromatic rings. The first-order valence-electron chi connectivity index (χ1n) is 10.8. The highest BCUT2D eigenvalue weighted by Crippen LogP contribution is 2.41. The number of β-lactam (4-membered cyclic amide) rings is 1. The third-order valence-corrected chi connectivity index (χ3v) is 6.72. The Hall–Kier alpha value is -3.56. The van der Waals surface area contributed by atoms with E-state index in [9.17, 15) is 44.0 Å². The van der Waals surface area contributed by atoms with Gasteiger partial charge in [0, 0.05) is 12.1 Å². The van der Waals surface area contributed by atoms with Gasteiger partial charge in [-0.3, -0.25) is 29.3 Å². The molecule has 1 N–H and O–H groups in total. The lowest BCUT2D eigenvalue weighted by Gasteiger charge is -2.49. The molecule has 0 saturated carbocycles. The Morgan fingerprint density at radius 2 is 1.76 bits per heavy atom. The zero-order valence-corrected chi connectivity index (χ0v) is 21.8. The number of alkyl halides is 1. The van der Waals surface area contributed by atoms with Crippen LogP contribution in [0.1, 0.15) is 26.3 Å². The number of likely N-dealkylation sites (tertiary alicyclic amines) is 1. The molecule has 0 radical (unpaired) electrons. The van der Waals surface area contributed by atoms with Crippen molar-refractivity contribution in [2.75, 3.05) is 6.61 Å². The van der Waals surface area contributed by atoms with Crippen molar-refractivity contribution >= 4 is 63.8 Å². The summed E-state index contributed by atoms with van der Waals surface area (Å²) in [6.07, 6.45) is -4.44. The van der Waals surface area contributed by atoms with Gasteiger partial charge in [0.15, 0.2) is 17.7 Å². The summed E-state index contributed by atoms with van der Waals surface area (Å²) in [6, 6.07) is 5.16. The van der Waals surface area contributed by atoms with Crippen molar-refractivity contribution in [2.24, 2.45) is 5.92 Å². The van der Waals surface area contributed by atoms with E-state index in [1.807, 2.05) is 0 Å². The maximum absolute atomic E-state index is 12.9. The molecule has 1 aliphatic heterocycles. The predicted octanol–water partition coefficient (Wildman–Crippen LogP) is 1.33. The molecule has 1 amide bonds. The largest absolute Gasteiger partial charge is 0.508 e. The van der Waals surface area contributed by atoms with E-state index in [1.165, 1.54) is 31.2 Å². The minimum atomic E-state index is -2.01. The number of carbonyl (C=O) groups excluding carboxylic acids is 6. The second-order valence-corrected chi connectivity index (χ2v) is 9.58. The van der Waals surface area contributed by atoms with Crippen LogP contribution >= 0.6 is 23.4 Å². The number of halogens is 1. The monoisotopic (exact) mass is 574 g/mol. The van der Waals surface area contributed by atoms with E-state index in [-0.39, 0.29) is 12.3 Å². The number of non-ortho nitro benzene ring substituents is 1. The fraction of sp³-hybridized carbons (Fsp3) is 0.455. The SMILES string of the molecule is CC(=O)COC(=O)C(Cl)N1C(=O)[C@H](C(C)OC(=O)OCc2ccc([N+](=O)[O-])cc2)[C@@H]1SC(=O)C(O)C(C)=O. The van der Waals surface area contributed by atoms with Gasteiger partial charge in [-0.1, -0.05) is 23.4 Å². The van der Waals surface area contributed by atoms with Gasteiger partial charge < -0.3 is 24.2 Å². The number of aliphatic hydroxyl groups excluding tert-OH is 1.